The van der Waals surface area contributed by atoms with Gasteiger partial charge in [0, 0.05) is 43.8 Å². The van der Waals surface area contributed by atoms with Gasteiger partial charge in [0.15, 0.2) is 0 Å². The van der Waals surface area contributed by atoms with Gasteiger partial charge in [0.25, 0.3) is 0 Å². The number of amides is 2. The van der Waals surface area contributed by atoms with Crippen molar-refractivity contribution in [1.82, 2.24) is 10.2 Å². The van der Waals surface area contributed by atoms with Crippen LogP contribution in [-0.4, -0.2) is 50.9 Å². The molecule has 1 atom stereocenters. The monoisotopic (exact) mass is 362 g/mol. The molecule has 2 rings (SSSR count). The first-order valence-electron chi connectivity index (χ1n) is 9.61. The first-order valence-corrected chi connectivity index (χ1v) is 9.61. The van der Waals surface area contributed by atoms with E-state index in [1.165, 1.54) is 0 Å². The van der Waals surface area contributed by atoms with E-state index in [0.29, 0.717) is 25.7 Å². The van der Waals surface area contributed by atoms with E-state index >= 15 is 0 Å². The van der Waals surface area contributed by atoms with Gasteiger partial charge in [-0.15, -0.1) is 0 Å². The van der Waals surface area contributed by atoms with Crippen LogP contribution in [0.4, 0.5) is 4.79 Å². The van der Waals surface area contributed by atoms with Crippen molar-refractivity contribution >= 4 is 6.03 Å². The number of carbonyl (C=O) groups is 1. The summed E-state index contributed by atoms with van der Waals surface area (Å²) in [7, 11) is 3.58. The normalized spacial score (nSPS) is 17.6. The predicted octanol–water partition coefficient (Wildman–Crippen LogP) is 3.82. The molecular weight excluding hydrogens is 328 g/mol. The third kappa shape index (κ3) is 4.91. The second kappa shape index (κ2) is 9.26. The number of carbonyl (C=O) groups excluding carboxylic acids is 1. The lowest BCUT2D eigenvalue weighted by atomic mass is 9.73. The molecule has 0 unspecified atom stereocenters. The van der Waals surface area contributed by atoms with Crippen molar-refractivity contribution in [2.24, 2.45) is 5.92 Å². The molecule has 1 heterocycles. The molecule has 0 aromatic heterocycles. The van der Waals surface area contributed by atoms with Crippen molar-refractivity contribution in [3.63, 3.8) is 0 Å². The Hall–Kier alpha value is -1.75. The fraction of sp³-hybridized carbons (Fsp3) is 0.667. The Morgan fingerprint density at radius 3 is 2.54 bits per heavy atom. The van der Waals surface area contributed by atoms with Crippen LogP contribution < -0.4 is 10.1 Å². The first-order chi connectivity index (χ1) is 12.4. The number of nitrogens with one attached hydrogen (secondary N) is 1. The second-order valence-electron chi connectivity index (χ2n) is 7.84. The Kier molecular flexibility index (Phi) is 7.33. The van der Waals surface area contributed by atoms with Crippen LogP contribution in [-0.2, 0) is 10.2 Å². The minimum absolute atomic E-state index is 0.0149. The van der Waals surface area contributed by atoms with Crippen molar-refractivity contribution in [3.8, 4) is 5.75 Å². The molecule has 2 amide bonds. The van der Waals surface area contributed by atoms with Gasteiger partial charge in [-0.1, -0.05) is 32.0 Å². The molecule has 1 aromatic rings. The Morgan fingerprint density at radius 2 is 1.92 bits per heavy atom. The molecule has 0 bridgehead atoms. The summed E-state index contributed by atoms with van der Waals surface area (Å²) in [5.41, 5.74) is 1.01. The number of rotatable bonds is 7. The van der Waals surface area contributed by atoms with Gasteiger partial charge in [0.05, 0.1) is 7.11 Å². The van der Waals surface area contributed by atoms with Gasteiger partial charge in [-0.25, -0.2) is 4.79 Å². The Balaban J connectivity index is 2.12. The van der Waals surface area contributed by atoms with E-state index in [4.69, 9.17) is 9.47 Å². The molecular formula is C21H34N2O3. The third-order valence-corrected chi connectivity index (χ3v) is 5.50. The minimum atomic E-state index is -0.150. The smallest absolute Gasteiger partial charge is 0.317 e. The van der Waals surface area contributed by atoms with Crippen LogP contribution in [0, 0.1) is 5.92 Å². The van der Waals surface area contributed by atoms with Crippen molar-refractivity contribution in [1.29, 1.82) is 0 Å². The second-order valence-corrected chi connectivity index (χ2v) is 7.84. The number of methoxy groups -OCH3 is 1. The van der Waals surface area contributed by atoms with Gasteiger partial charge < -0.3 is 19.7 Å². The van der Waals surface area contributed by atoms with Crippen LogP contribution >= 0.6 is 0 Å². The van der Waals surface area contributed by atoms with Gasteiger partial charge in [-0.3, -0.25) is 0 Å². The third-order valence-electron chi connectivity index (χ3n) is 5.50. The van der Waals surface area contributed by atoms with Crippen LogP contribution in [0.1, 0.15) is 45.6 Å². The number of hydrogen-bond donors (Lipinski definition) is 1. The van der Waals surface area contributed by atoms with E-state index in [1.54, 1.807) is 7.11 Å². The van der Waals surface area contributed by atoms with E-state index < -0.39 is 0 Å². The van der Waals surface area contributed by atoms with E-state index in [2.05, 4.69) is 32.2 Å². The number of ether oxygens (including phenoxy) is 2. The predicted molar refractivity (Wildman–Crippen MR) is 105 cm³/mol. The highest BCUT2D eigenvalue weighted by Gasteiger charge is 2.37. The SMILES string of the molecule is COc1ccccc1C1(CNC(=O)N(C)[C@@H](C)CC(C)C)CCOCC1. The molecule has 1 aromatic carbocycles. The Morgan fingerprint density at radius 1 is 1.27 bits per heavy atom. The molecule has 0 spiro atoms. The summed E-state index contributed by atoms with van der Waals surface area (Å²) in [4.78, 5) is 14.5. The van der Waals surface area contributed by atoms with Gasteiger partial charge in [0.2, 0.25) is 0 Å². The Labute approximate surface area is 158 Å². The zero-order valence-electron chi connectivity index (χ0n) is 16.9. The lowest BCUT2D eigenvalue weighted by Gasteiger charge is -2.39. The summed E-state index contributed by atoms with van der Waals surface area (Å²) in [6.07, 6.45) is 2.74. The number of nitrogens with zero attached hydrogens (tertiary/aromatic N) is 1. The molecule has 0 aliphatic carbocycles. The molecule has 1 N–H and O–H groups in total. The van der Waals surface area contributed by atoms with Crippen molar-refractivity contribution < 1.29 is 14.3 Å². The van der Waals surface area contributed by atoms with Gasteiger partial charge in [-0.05, 0) is 38.2 Å². The standard InChI is InChI=1S/C21H34N2O3/c1-16(2)14-17(3)23(4)20(24)22-15-21(10-12-26-13-11-21)18-8-6-7-9-19(18)25-5/h6-9,16-17H,10-15H2,1-5H3,(H,22,24)/t17-/m0/s1. The summed E-state index contributed by atoms with van der Waals surface area (Å²) in [5.74, 6) is 1.45. The van der Waals surface area contributed by atoms with E-state index in [0.717, 1.165) is 30.6 Å². The van der Waals surface area contributed by atoms with E-state index in [-0.39, 0.29) is 17.5 Å². The highest BCUT2D eigenvalue weighted by Crippen LogP contribution is 2.39. The molecule has 5 heteroatoms. The highest BCUT2D eigenvalue weighted by molar-refractivity contribution is 5.74. The molecule has 1 aliphatic heterocycles. The van der Waals surface area contributed by atoms with Crippen LogP contribution in [0.15, 0.2) is 24.3 Å². The quantitative estimate of drug-likeness (QED) is 0.802. The summed E-state index contributed by atoms with van der Waals surface area (Å²) in [6.45, 7) is 8.46. The van der Waals surface area contributed by atoms with Gasteiger partial charge in [0.1, 0.15) is 5.75 Å². The van der Waals surface area contributed by atoms with Crippen molar-refractivity contribution in [2.45, 2.75) is 51.5 Å². The summed E-state index contributed by atoms with van der Waals surface area (Å²) in [5, 5.41) is 3.17. The van der Waals surface area contributed by atoms with E-state index in [1.807, 2.05) is 30.1 Å². The van der Waals surface area contributed by atoms with Gasteiger partial charge >= 0.3 is 6.03 Å². The molecule has 0 radical (unpaired) electrons. The molecule has 26 heavy (non-hydrogen) atoms. The van der Waals surface area contributed by atoms with Crippen molar-refractivity contribution in [3.05, 3.63) is 29.8 Å². The Bertz CT molecular complexity index is 582. The van der Waals surface area contributed by atoms with E-state index in [9.17, 15) is 4.79 Å². The zero-order chi connectivity index (χ0) is 19.2. The maximum atomic E-state index is 12.7. The van der Waals surface area contributed by atoms with Crippen LogP contribution in [0.3, 0.4) is 0 Å². The number of hydrogen-bond acceptors (Lipinski definition) is 3. The van der Waals surface area contributed by atoms with Crippen LogP contribution in [0.25, 0.3) is 0 Å². The molecule has 1 aliphatic rings. The van der Waals surface area contributed by atoms with Crippen LogP contribution in [0.5, 0.6) is 5.75 Å². The topological polar surface area (TPSA) is 50.8 Å². The molecule has 5 nitrogen and oxygen atoms in total. The maximum absolute atomic E-state index is 12.7. The van der Waals surface area contributed by atoms with Gasteiger partial charge in [-0.2, -0.15) is 0 Å². The number of benzene rings is 1. The summed E-state index contributed by atoms with van der Waals surface area (Å²) < 4.78 is 11.2. The zero-order valence-corrected chi connectivity index (χ0v) is 16.9. The lowest BCUT2D eigenvalue weighted by Crippen LogP contribution is -2.49. The van der Waals surface area contributed by atoms with Crippen LogP contribution in [0.2, 0.25) is 0 Å². The number of para-hydroxylation sites is 1. The molecule has 1 fully saturated rings. The average molecular weight is 363 g/mol. The molecule has 1 saturated heterocycles. The number of urea groups is 1. The molecule has 146 valence electrons. The fourth-order valence-corrected chi connectivity index (χ4v) is 3.80. The summed E-state index contributed by atoms with van der Waals surface area (Å²) in [6, 6.07) is 8.32. The highest BCUT2D eigenvalue weighted by atomic mass is 16.5. The maximum Gasteiger partial charge on any atom is 0.317 e. The summed E-state index contributed by atoms with van der Waals surface area (Å²) >= 11 is 0. The lowest BCUT2D eigenvalue weighted by molar-refractivity contribution is 0.0492. The first kappa shape index (κ1) is 20.6. The van der Waals surface area contributed by atoms with Crippen molar-refractivity contribution in [2.75, 3.05) is 33.9 Å². The fourth-order valence-electron chi connectivity index (χ4n) is 3.80. The molecule has 0 saturated carbocycles. The minimum Gasteiger partial charge on any atom is -0.496 e. The largest absolute Gasteiger partial charge is 0.496 e. The average Bonchev–Trinajstić information content (AvgIpc) is 2.65.